The highest BCUT2D eigenvalue weighted by molar-refractivity contribution is 7.91. The van der Waals surface area contributed by atoms with E-state index in [9.17, 15) is 12.8 Å². The Bertz CT molecular complexity index is 778. The summed E-state index contributed by atoms with van der Waals surface area (Å²) >= 11 is 0. The van der Waals surface area contributed by atoms with Crippen LogP contribution in [0.3, 0.4) is 0 Å². The lowest BCUT2D eigenvalue weighted by atomic mass is 10.1. The molecule has 1 aliphatic rings. The fourth-order valence-electron chi connectivity index (χ4n) is 3.01. The fourth-order valence-corrected chi connectivity index (χ4v) is 4.33. The molecule has 3 rings (SSSR count). The zero-order valence-corrected chi connectivity index (χ0v) is 14.8. The van der Waals surface area contributed by atoms with Crippen molar-refractivity contribution < 1.29 is 17.5 Å². The third kappa shape index (κ3) is 4.87. The van der Waals surface area contributed by atoms with Crippen LogP contribution in [0.4, 0.5) is 4.39 Å². The van der Waals surface area contributed by atoms with Crippen LogP contribution in [0.15, 0.2) is 59.5 Å². The van der Waals surface area contributed by atoms with Crippen molar-refractivity contribution in [3.63, 3.8) is 0 Å². The number of sulfone groups is 1. The minimum atomic E-state index is -3.23. The van der Waals surface area contributed by atoms with E-state index in [0.29, 0.717) is 31.0 Å². The molecule has 1 saturated heterocycles. The van der Waals surface area contributed by atoms with E-state index in [4.69, 9.17) is 4.74 Å². The second-order valence-electron chi connectivity index (χ2n) is 6.20. The maximum absolute atomic E-state index is 13.0. The summed E-state index contributed by atoms with van der Waals surface area (Å²) < 4.78 is 43.4. The third-order valence-electron chi connectivity index (χ3n) is 4.38. The van der Waals surface area contributed by atoms with Crippen LogP contribution in [-0.4, -0.2) is 45.3 Å². The minimum Gasteiger partial charge on any atom is -0.371 e. The first-order valence-corrected chi connectivity index (χ1v) is 10.1. The number of benzene rings is 2. The second kappa shape index (κ2) is 8.08. The molecule has 134 valence electrons. The standard InChI is InChI=1S/C19H22FNO3S/c20-17-9-7-16(8-10-17)19-15-21(12-13-24-19)11-4-14-25(22,23)18-5-2-1-3-6-18/h1-3,5-10,19H,4,11-15H2. The highest BCUT2D eigenvalue weighted by atomic mass is 32.2. The van der Waals surface area contributed by atoms with Gasteiger partial charge < -0.3 is 4.74 Å². The number of nitrogens with zero attached hydrogens (tertiary/aromatic N) is 1. The van der Waals surface area contributed by atoms with Crippen LogP contribution < -0.4 is 0 Å². The molecule has 0 bridgehead atoms. The van der Waals surface area contributed by atoms with Crippen molar-refractivity contribution in [1.82, 2.24) is 4.90 Å². The molecule has 0 aliphatic carbocycles. The van der Waals surface area contributed by atoms with E-state index >= 15 is 0 Å². The first kappa shape index (κ1) is 18.0. The normalized spacial score (nSPS) is 19.0. The molecule has 4 nitrogen and oxygen atoms in total. The van der Waals surface area contributed by atoms with Crippen molar-refractivity contribution >= 4 is 9.84 Å². The fraction of sp³-hybridized carbons (Fsp3) is 0.368. The first-order valence-electron chi connectivity index (χ1n) is 8.42. The Morgan fingerprint density at radius 2 is 1.80 bits per heavy atom. The van der Waals surface area contributed by atoms with E-state index in [1.807, 2.05) is 6.07 Å². The SMILES string of the molecule is O=S(=O)(CCCN1CCOC(c2ccc(F)cc2)C1)c1ccccc1. The molecule has 0 spiro atoms. The number of ether oxygens (including phenoxy) is 1. The molecule has 1 unspecified atom stereocenters. The van der Waals surface area contributed by atoms with Crippen molar-refractivity contribution in [3.05, 3.63) is 66.0 Å². The molecule has 0 aromatic heterocycles. The van der Waals surface area contributed by atoms with Gasteiger partial charge in [-0.2, -0.15) is 0 Å². The molecular weight excluding hydrogens is 341 g/mol. The molecule has 0 amide bonds. The summed E-state index contributed by atoms with van der Waals surface area (Å²) in [4.78, 5) is 2.58. The van der Waals surface area contributed by atoms with Crippen molar-refractivity contribution in [2.75, 3.05) is 32.0 Å². The van der Waals surface area contributed by atoms with E-state index in [1.54, 1.807) is 36.4 Å². The van der Waals surface area contributed by atoms with Crippen LogP contribution in [0.2, 0.25) is 0 Å². The molecule has 6 heteroatoms. The van der Waals surface area contributed by atoms with Gasteiger partial charge in [0.05, 0.1) is 23.4 Å². The Labute approximate surface area is 148 Å². The molecule has 0 N–H and O–H groups in total. The van der Waals surface area contributed by atoms with Gasteiger partial charge in [-0.05, 0) is 42.8 Å². The molecule has 1 aliphatic heterocycles. The minimum absolute atomic E-state index is 0.0971. The predicted molar refractivity (Wildman–Crippen MR) is 94.6 cm³/mol. The molecule has 2 aromatic rings. The lowest BCUT2D eigenvalue weighted by Crippen LogP contribution is -2.39. The summed E-state index contributed by atoms with van der Waals surface area (Å²) in [6.07, 6.45) is 0.480. The summed E-state index contributed by atoms with van der Waals surface area (Å²) in [7, 11) is -3.23. The number of hydrogen-bond acceptors (Lipinski definition) is 4. The van der Waals surface area contributed by atoms with Gasteiger partial charge in [0.1, 0.15) is 5.82 Å². The Morgan fingerprint density at radius 1 is 1.08 bits per heavy atom. The topological polar surface area (TPSA) is 46.6 Å². The number of rotatable bonds is 6. The van der Waals surface area contributed by atoms with Crippen molar-refractivity contribution in [3.8, 4) is 0 Å². The predicted octanol–water partition coefficient (Wildman–Crippen LogP) is 3.06. The first-order chi connectivity index (χ1) is 12.0. The average Bonchev–Trinajstić information content (AvgIpc) is 2.63. The Hall–Kier alpha value is -1.76. The quantitative estimate of drug-likeness (QED) is 0.791. The Morgan fingerprint density at radius 3 is 2.52 bits per heavy atom. The monoisotopic (exact) mass is 363 g/mol. The van der Waals surface area contributed by atoms with Crippen LogP contribution in [-0.2, 0) is 14.6 Å². The molecule has 1 atom stereocenters. The zero-order chi connectivity index (χ0) is 17.7. The van der Waals surface area contributed by atoms with E-state index in [1.165, 1.54) is 12.1 Å². The highest BCUT2D eigenvalue weighted by Gasteiger charge is 2.22. The summed E-state index contributed by atoms with van der Waals surface area (Å²) in [6.45, 7) is 2.76. The lowest BCUT2D eigenvalue weighted by Gasteiger charge is -2.33. The van der Waals surface area contributed by atoms with Gasteiger partial charge in [0.15, 0.2) is 9.84 Å². The van der Waals surface area contributed by atoms with E-state index in [0.717, 1.165) is 12.1 Å². The van der Waals surface area contributed by atoms with Gasteiger partial charge in [-0.3, -0.25) is 4.90 Å². The second-order valence-corrected chi connectivity index (χ2v) is 8.31. The van der Waals surface area contributed by atoms with Gasteiger partial charge in [-0.15, -0.1) is 0 Å². The van der Waals surface area contributed by atoms with Gasteiger partial charge in [0.25, 0.3) is 0 Å². The van der Waals surface area contributed by atoms with Gasteiger partial charge in [-0.25, -0.2) is 12.8 Å². The Kier molecular flexibility index (Phi) is 5.83. The zero-order valence-electron chi connectivity index (χ0n) is 14.0. The molecule has 0 radical (unpaired) electrons. The summed E-state index contributed by atoms with van der Waals surface area (Å²) in [6, 6.07) is 14.9. The van der Waals surface area contributed by atoms with Crippen LogP contribution in [0.1, 0.15) is 18.1 Å². The summed E-state index contributed by atoms with van der Waals surface area (Å²) in [5, 5.41) is 0. The average molecular weight is 363 g/mol. The van der Waals surface area contributed by atoms with Crippen molar-refractivity contribution in [1.29, 1.82) is 0 Å². The van der Waals surface area contributed by atoms with Crippen molar-refractivity contribution in [2.24, 2.45) is 0 Å². The Balaban J connectivity index is 1.52. The van der Waals surface area contributed by atoms with Crippen LogP contribution in [0.5, 0.6) is 0 Å². The largest absolute Gasteiger partial charge is 0.371 e. The van der Waals surface area contributed by atoms with Crippen LogP contribution in [0.25, 0.3) is 0 Å². The molecule has 1 heterocycles. The molecule has 25 heavy (non-hydrogen) atoms. The van der Waals surface area contributed by atoms with E-state index < -0.39 is 9.84 Å². The van der Waals surface area contributed by atoms with Gasteiger partial charge in [-0.1, -0.05) is 30.3 Å². The summed E-state index contributed by atoms with van der Waals surface area (Å²) in [5.41, 5.74) is 0.947. The van der Waals surface area contributed by atoms with E-state index in [2.05, 4.69) is 4.90 Å². The lowest BCUT2D eigenvalue weighted by molar-refractivity contribution is -0.0298. The number of halogens is 1. The third-order valence-corrected chi connectivity index (χ3v) is 6.20. The van der Waals surface area contributed by atoms with Gasteiger partial charge in [0.2, 0.25) is 0 Å². The van der Waals surface area contributed by atoms with Crippen LogP contribution >= 0.6 is 0 Å². The molecule has 2 aromatic carbocycles. The highest BCUT2D eigenvalue weighted by Crippen LogP contribution is 2.22. The smallest absolute Gasteiger partial charge is 0.178 e. The molecule has 0 saturated carbocycles. The molecular formula is C19H22FNO3S. The maximum atomic E-state index is 13.0. The molecule has 1 fully saturated rings. The van der Waals surface area contributed by atoms with Crippen molar-refractivity contribution in [2.45, 2.75) is 17.4 Å². The van der Waals surface area contributed by atoms with Gasteiger partial charge >= 0.3 is 0 Å². The maximum Gasteiger partial charge on any atom is 0.178 e. The van der Waals surface area contributed by atoms with Gasteiger partial charge in [0, 0.05) is 13.1 Å². The van der Waals surface area contributed by atoms with Crippen LogP contribution in [0, 0.1) is 5.82 Å². The number of morpholine rings is 1. The number of hydrogen-bond donors (Lipinski definition) is 0. The summed E-state index contributed by atoms with van der Waals surface area (Å²) in [5.74, 6) is -0.127. The van der Waals surface area contributed by atoms with E-state index in [-0.39, 0.29) is 17.7 Å².